The number of ether oxygens (including phenoxy) is 3. The van der Waals surface area contributed by atoms with Crippen molar-refractivity contribution >= 4 is 11.8 Å². The Bertz CT molecular complexity index is 1140. The number of hydrogen-bond acceptors (Lipinski definition) is 5. The van der Waals surface area contributed by atoms with E-state index in [2.05, 4.69) is 5.32 Å². The van der Waals surface area contributed by atoms with E-state index >= 15 is 0 Å². The molecule has 3 aromatic carbocycles. The number of amides is 2. The fourth-order valence-electron chi connectivity index (χ4n) is 3.86. The topological polar surface area (TPSA) is 77.1 Å². The third-order valence-corrected chi connectivity index (χ3v) is 5.67. The van der Waals surface area contributed by atoms with Crippen LogP contribution in [0, 0.1) is 5.82 Å². The Hall–Kier alpha value is -3.91. The number of benzene rings is 3. The lowest BCUT2D eigenvalue weighted by atomic mass is 10.0. The normalized spacial score (nSPS) is 11.4. The van der Waals surface area contributed by atoms with Gasteiger partial charge in [0, 0.05) is 20.2 Å². The summed E-state index contributed by atoms with van der Waals surface area (Å²) in [6, 6.07) is 19.3. The van der Waals surface area contributed by atoms with Gasteiger partial charge in [0.15, 0.2) is 11.5 Å². The quantitative estimate of drug-likeness (QED) is 0.386. The lowest BCUT2D eigenvalue weighted by Gasteiger charge is -2.32. The smallest absolute Gasteiger partial charge is 0.247 e. The highest BCUT2D eigenvalue weighted by Crippen LogP contribution is 2.29. The summed E-state index contributed by atoms with van der Waals surface area (Å²) in [5.41, 5.74) is 2.06. The molecule has 0 saturated carbocycles. The lowest BCUT2D eigenvalue weighted by molar-refractivity contribution is -0.141. The summed E-state index contributed by atoms with van der Waals surface area (Å²) < 4.78 is 29.3. The maximum Gasteiger partial charge on any atom is 0.247 e. The molecule has 0 aromatic heterocycles. The molecule has 36 heavy (non-hydrogen) atoms. The Balaban J connectivity index is 1.98. The van der Waals surface area contributed by atoms with Crippen molar-refractivity contribution < 1.29 is 28.2 Å². The molecule has 3 rings (SSSR count). The maximum atomic E-state index is 13.8. The van der Waals surface area contributed by atoms with E-state index in [0.717, 1.165) is 0 Å². The number of carbonyl (C=O) groups is 2. The third-order valence-electron chi connectivity index (χ3n) is 5.67. The number of nitrogens with one attached hydrogen (secondary N) is 1. The first kappa shape index (κ1) is 26.7. The van der Waals surface area contributed by atoms with Gasteiger partial charge in [-0.15, -0.1) is 0 Å². The zero-order chi connectivity index (χ0) is 25.9. The maximum absolute atomic E-state index is 13.8. The minimum Gasteiger partial charge on any atom is -0.493 e. The molecule has 0 heterocycles. The van der Waals surface area contributed by atoms with E-state index in [4.69, 9.17) is 14.2 Å². The molecule has 8 heteroatoms. The molecule has 3 aromatic rings. The van der Waals surface area contributed by atoms with E-state index in [9.17, 15) is 14.0 Å². The molecule has 0 saturated heterocycles. The molecule has 0 fully saturated rings. The van der Waals surface area contributed by atoms with Gasteiger partial charge in [-0.1, -0.05) is 48.5 Å². The largest absolute Gasteiger partial charge is 0.493 e. The molecule has 1 N–H and O–H groups in total. The van der Waals surface area contributed by atoms with Crippen LogP contribution >= 0.6 is 0 Å². The summed E-state index contributed by atoms with van der Waals surface area (Å²) in [5, 5.41) is 2.86. The fraction of sp³-hybridized carbons (Fsp3) is 0.286. The molecule has 0 aliphatic heterocycles. The number of methoxy groups -OCH3 is 3. The molecule has 190 valence electrons. The van der Waals surface area contributed by atoms with Crippen LogP contribution in [0.2, 0.25) is 0 Å². The van der Waals surface area contributed by atoms with Gasteiger partial charge in [-0.05, 0) is 41.0 Å². The van der Waals surface area contributed by atoms with Crippen LogP contribution in [0.3, 0.4) is 0 Å². The van der Waals surface area contributed by atoms with E-state index in [1.807, 2.05) is 30.3 Å². The van der Waals surface area contributed by atoms with Crippen molar-refractivity contribution in [2.75, 3.05) is 34.5 Å². The number of hydrogen-bond donors (Lipinski definition) is 1. The third kappa shape index (κ3) is 7.05. The summed E-state index contributed by atoms with van der Waals surface area (Å²) in [7, 11) is 4.62. The van der Waals surface area contributed by atoms with Crippen molar-refractivity contribution in [3.63, 3.8) is 0 Å². The average molecular weight is 495 g/mol. The second-order valence-electron chi connectivity index (χ2n) is 8.11. The van der Waals surface area contributed by atoms with Gasteiger partial charge in [-0.25, -0.2) is 4.39 Å². The molecule has 0 aliphatic rings. The Morgan fingerprint density at radius 1 is 0.889 bits per heavy atom. The Labute approximate surface area is 210 Å². The van der Waals surface area contributed by atoms with Crippen LogP contribution in [0.1, 0.15) is 22.7 Å². The van der Waals surface area contributed by atoms with Crippen LogP contribution in [0.25, 0.3) is 0 Å². The van der Waals surface area contributed by atoms with Crippen molar-refractivity contribution in [3.8, 4) is 11.5 Å². The highest BCUT2D eigenvalue weighted by molar-refractivity contribution is 5.89. The number of carbonyl (C=O) groups excluding carboxylic acids is 2. The molecular formula is C28H31FN2O5. The summed E-state index contributed by atoms with van der Waals surface area (Å²) in [6.07, 6.45) is 0.0240. The molecule has 7 nitrogen and oxygen atoms in total. The number of rotatable bonds is 12. The van der Waals surface area contributed by atoms with Gasteiger partial charge >= 0.3 is 0 Å². The average Bonchev–Trinajstić information content (AvgIpc) is 2.90. The summed E-state index contributed by atoms with van der Waals surface area (Å²) in [5.74, 6) is 0.0727. The second-order valence-corrected chi connectivity index (χ2v) is 8.11. The van der Waals surface area contributed by atoms with Gasteiger partial charge in [-0.2, -0.15) is 0 Å². The van der Waals surface area contributed by atoms with Gasteiger partial charge in [0.05, 0.1) is 27.2 Å². The SMILES string of the molecule is COCCNC(=O)[C@H](c1ccccc1)N(Cc1ccc(F)cc1)C(=O)Cc1ccc(OC)c(OC)c1. The number of halogens is 1. The van der Waals surface area contributed by atoms with Crippen LogP contribution in [-0.2, 0) is 27.3 Å². The highest BCUT2D eigenvalue weighted by Gasteiger charge is 2.31. The van der Waals surface area contributed by atoms with E-state index < -0.39 is 6.04 Å². The Kier molecular flexibility index (Phi) is 9.82. The van der Waals surface area contributed by atoms with E-state index in [-0.39, 0.29) is 30.6 Å². The van der Waals surface area contributed by atoms with Crippen LogP contribution in [-0.4, -0.2) is 51.2 Å². The predicted molar refractivity (Wildman–Crippen MR) is 134 cm³/mol. The van der Waals surface area contributed by atoms with Gasteiger partial charge in [0.25, 0.3) is 0 Å². The van der Waals surface area contributed by atoms with Gasteiger partial charge in [-0.3, -0.25) is 9.59 Å². The van der Waals surface area contributed by atoms with Gasteiger partial charge < -0.3 is 24.4 Å². The molecule has 0 radical (unpaired) electrons. The molecule has 2 amide bonds. The highest BCUT2D eigenvalue weighted by atomic mass is 19.1. The first-order valence-electron chi connectivity index (χ1n) is 11.5. The first-order chi connectivity index (χ1) is 17.5. The van der Waals surface area contributed by atoms with E-state index in [0.29, 0.717) is 41.3 Å². The molecule has 0 spiro atoms. The molecular weight excluding hydrogens is 463 g/mol. The van der Waals surface area contributed by atoms with E-state index in [1.54, 1.807) is 44.6 Å². The molecule has 1 atom stereocenters. The summed E-state index contributed by atoms with van der Waals surface area (Å²) in [6.45, 7) is 0.751. The monoisotopic (exact) mass is 494 g/mol. The molecule has 0 unspecified atom stereocenters. The van der Waals surface area contributed by atoms with Crippen molar-refractivity contribution in [3.05, 3.63) is 95.3 Å². The minimum absolute atomic E-state index is 0.0240. The van der Waals surface area contributed by atoms with Gasteiger partial charge in [0.1, 0.15) is 11.9 Å². The van der Waals surface area contributed by atoms with Crippen LogP contribution in [0.5, 0.6) is 11.5 Å². The van der Waals surface area contributed by atoms with Crippen LogP contribution < -0.4 is 14.8 Å². The predicted octanol–water partition coefficient (Wildman–Crippen LogP) is 3.92. The first-order valence-corrected chi connectivity index (χ1v) is 11.5. The zero-order valence-electron chi connectivity index (χ0n) is 20.7. The minimum atomic E-state index is -0.902. The number of nitrogens with zero attached hydrogens (tertiary/aromatic N) is 1. The van der Waals surface area contributed by atoms with Gasteiger partial charge in [0.2, 0.25) is 11.8 Å². The molecule has 0 bridgehead atoms. The summed E-state index contributed by atoms with van der Waals surface area (Å²) >= 11 is 0. The van der Waals surface area contributed by atoms with Crippen molar-refractivity contribution in [2.24, 2.45) is 0 Å². The Morgan fingerprint density at radius 3 is 2.19 bits per heavy atom. The fourth-order valence-corrected chi connectivity index (χ4v) is 3.86. The Morgan fingerprint density at radius 2 is 1.56 bits per heavy atom. The van der Waals surface area contributed by atoms with Crippen LogP contribution in [0.4, 0.5) is 4.39 Å². The van der Waals surface area contributed by atoms with Crippen LogP contribution in [0.15, 0.2) is 72.8 Å². The molecule has 0 aliphatic carbocycles. The second kappa shape index (κ2) is 13.3. The van der Waals surface area contributed by atoms with Crippen molar-refractivity contribution in [1.82, 2.24) is 10.2 Å². The van der Waals surface area contributed by atoms with E-state index in [1.165, 1.54) is 24.1 Å². The lowest BCUT2D eigenvalue weighted by Crippen LogP contribution is -2.44. The van der Waals surface area contributed by atoms with Crippen molar-refractivity contribution in [1.29, 1.82) is 0 Å². The summed E-state index contributed by atoms with van der Waals surface area (Å²) in [4.78, 5) is 28.7. The zero-order valence-corrected chi connectivity index (χ0v) is 20.7. The van der Waals surface area contributed by atoms with Crippen molar-refractivity contribution in [2.45, 2.75) is 19.0 Å². The standard InChI is InChI=1S/C28H31FN2O5/c1-34-16-15-30-28(33)27(22-7-5-4-6-8-22)31(19-20-9-12-23(29)13-10-20)26(32)18-21-11-14-24(35-2)25(17-21)36-3/h4-14,17,27H,15-16,18-19H2,1-3H3,(H,30,33)/t27-/m0/s1.